The molecular weight excluding hydrogens is 272 g/mol. The summed E-state index contributed by atoms with van der Waals surface area (Å²) in [6.07, 6.45) is 3.67. The van der Waals surface area contributed by atoms with Gasteiger partial charge >= 0.3 is 0 Å². The fourth-order valence-corrected chi connectivity index (χ4v) is 2.51. The van der Waals surface area contributed by atoms with Gasteiger partial charge in [0.15, 0.2) is 5.78 Å². The highest BCUT2D eigenvalue weighted by atomic mass is 35.5. The van der Waals surface area contributed by atoms with Gasteiger partial charge in [-0.3, -0.25) is 9.48 Å². The lowest BCUT2D eigenvalue weighted by Gasteiger charge is -2.06. The molecule has 1 aromatic carbocycles. The maximum absolute atomic E-state index is 12.3. The number of ketones is 1. The van der Waals surface area contributed by atoms with E-state index in [-0.39, 0.29) is 5.78 Å². The lowest BCUT2D eigenvalue weighted by molar-refractivity contribution is 0.0972. The van der Waals surface area contributed by atoms with Crippen molar-refractivity contribution in [2.45, 2.75) is 39.7 Å². The Morgan fingerprint density at radius 1 is 1.40 bits per heavy atom. The van der Waals surface area contributed by atoms with Gasteiger partial charge in [0.1, 0.15) is 5.69 Å². The molecule has 3 nitrogen and oxygen atoms in total. The summed E-state index contributed by atoms with van der Waals surface area (Å²) in [6.45, 7) is 4.83. The summed E-state index contributed by atoms with van der Waals surface area (Å²) >= 11 is 6.08. The van der Waals surface area contributed by atoms with E-state index in [0.29, 0.717) is 17.1 Å². The molecule has 106 valence electrons. The average molecular weight is 291 g/mol. The van der Waals surface area contributed by atoms with E-state index in [0.717, 1.165) is 19.4 Å². The van der Waals surface area contributed by atoms with Crippen LogP contribution in [0.4, 0.5) is 0 Å². The largest absolute Gasteiger partial charge is 0.292 e. The van der Waals surface area contributed by atoms with Gasteiger partial charge in [0.2, 0.25) is 0 Å². The Balaban J connectivity index is 2.07. The maximum Gasteiger partial charge on any atom is 0.182 e. The average Bonchev–Trinajstić information content (AvgIpc) is 2.78. The number of carbonyl (C=O) groups is 1. The van der Waals surface area contributed by atoms with Gasteiger partial charge in [0.25, 0.3) is 0 Å². The number of aryl methyl sites for hydroxylation is 3. The number of aromatic nitrogens is 2. The second-order valence-electron chi connectivity index (χ2n) is 4.98. The van der Waals surface area contributed by atoms with E-state index < -0.39 is 0 Å². The van der Waals surface area contributed by atoms with Gasteiger partial charge in [0, 0.05) is 13.0 Å². The molecule has 0 amide bonds. The summed E-state index contributed by atoms with van der Waals surface area (Å²) < 4.78 is 1.71. The molecule has 0 atom stereocenters. The first kappa shape index (κ1) is 14.8. The molecule has 0 unspecified atom stereocenters. The Labute approximate surface area is 124 Å². The first-order valence-electron chi connectivity index (χ1n) is 6.92. The summed E-state index contributed by atoms with van der Waals surface area (Å²) in [7, 11) is 0. The minimum absolute atomic E-state index is 0.0578. The van der Waals surface area contributed by atoms with Crippen LogP contribution >= 0.6 is 11.6 Å². The molecule has 4 heteroatoms. The zero-order valence-electron chi connectivity index (χ0n) is 11.9. The van der Waals surface area contributed by atoms with Crippen molar-refractivity contribution in [3.8, 4) is 0 Å². The molecule has 1 heterocycles. The third kappa shape index (κ3) is 3.48. The lowest BCUT2D eigenvalue weighted by Crippen LogP contribution is -2.11. The molecule has 0 saturated carbocycles. The molecule has 0 aliphatic heterocycles. The molecule has 0 fully saturated rings. The van der Waals surface area contributed by atoms with E-state index in [9.17, 15) is 4.79 Å². The van der Waals surface area contributed by atoms with Crippen LogP contribution in [0.2, 0.25) is 5.02 Å². The van der Waals surface area contributed by atoms with Crippen molar-refractivity contribution in [1.82, 2.24) is 9.78 Å². The number of Topliss-reactive ketones (excluding diaryl/α,β-unsaturated/α-hetero) is 1. The predicted molar refractivity (Wildman–Crippen MR) is 81.4 cm³/mol. The molecule has 0 aliphatic rings. The summed E-state index contributed by atoms with van der Waals surface area (Å²) in [4.78, 5) is 12.3. The molecule has 0 bridgehead atoms. The van der Waals surface area contributed by atoms with Gasteiger partial charge in [-0.05, 0) is 25.3 Å². The standard InChI is InChI=1S/C16H19ClN2O/c1-3-9-19-16(14(17)11-18-19)15(20)8-7-13-6-4-5-12(2)10-13/h4-6,10-11H,3,7-9H2,1-2H3. The fraction of sp³-hybridized carbons (Fsp3) is 0.375. The van der Waals surface area contributed by atoms with Crippen molar-refractivity contribution in [2.24, 2.45) is 0 Å². The summed E-state index contributed by atoms with van der Waals surface area (Å²) in [5.74, 6) is 0.0578. The van der Waals surface area contributed by atoms with Crippen molar-refractivity contribution >= 4 is 17.4 Å². The van der Waals surface area contributed by atoms with Gasteiger partial charge < -0.3 is 0 Å². The normalized spacial score (nSPS) is 10.8. The summed E-state index contributed by atoms with van der Waals surface area (Å²) in [5.41, 5.74) is 2.93. The lowest BCUT2D eigenvalue weighted by atomic mass is 10.0. The summed E-state index contributed by atoms with van der Waals surface area (Å²) in [6, 6.07) is 8.23. The van der Waals surface area contributed by atoms with Gasteiger partial charge in [-0.1, -0.05) is 48.4 Å². The molecule has 0 spiro atoms. The molecule has 0 N–H and O–H groups in total. The van der Waals surface area contributed by atoms with Crippen LogP contribution in [0, 0.1) is 6.92 Å². The van der Waals surface area contributed by atoms with Crippen LogP contribution in [-0.4, -0.2) is 15.6 Å². The molecule has 2 rings (SSSR count). The highest BCUT2D eigenvalue weighted by Gasteiger charge is 2.16. The number of rotatable bonds is 6. The van der Waals surface area contributed by atoms with E-state index in [2.05, 4.69) is 31.1 Å². The topological polar surface area (TPSA) is 34.9 Å². The van der Waals surface area contributed by atoms with E-state index in [1.807, 2.05) is 12.1 Å². The zero-order chi connectivity index (χ0) is 14.5. The van der Waals surface area contributed by atoms with E-state index in [1.54, 1.807) is 10.9 Å². The second-order valence-corrected chi connectivity index (χ2v) is 5.38. The SMILES string of the molecule is CCCn1ncc(Cl)c1C(=O)CCc1cccc(C)c1. The number of benzene rings is 1. The Kier molecular flexibility index (Phi) is 4.96. The first-order valence-corrected chi connectivity index (χ1v) is 7.29. The van der Waals surface area contributed by atoms with Gasteiger partial charge in [-0.15, -0.1) is 0 Å². The van der Waals surface area contributed by atoms with Crippen LogP contribution in [0.15, 0.2) is 30.5 Å². The van der Waals surface area contributed by atoms with Crippen molar-refractivity contribution in [3.63, 3.8) is 0 Å². The van der Waals surface area contributed by atoms with Crippen molar-refractivity contribution in [3.05, 3.63) is 52.3 Å². The number of halogens is 1. The Bertz CT molecular complexity index is 604. The third-order valence-corrected chi connectivity index (χ3v) is 3.49. The first-order chi connectivity index (χ1) is 9.61. The fourth-order valence-electron chi connectivity index (χ4n) is 2.26. The van der Waals surface area contributed by atoms with Crippen molar-refractivity contribution < 1.29 is 4.79 Å². The highest BCUT2D eigenvalue weighted by Crippen LogP contribution is 2.18. The monoisotopic (exact) mass is 290 g/mol. The number of hydrogen-bond donors (Lipinski definition) is 0. The Hall–Kier alpha value is -1.61. The van der Waals surface area contributed by atoms with Gasteiger partial charge in [-0.2, -0.15) is 5.10 Å². The smallest absolute Gasteiger partial charge is 0.182 e. The molecule has 0 radical (unpaired) electrons. The maximum atomic E-state index is 12.3. The molecule has 0 aliphatic carbocycles. The summed E-state index contributed by atoms with van der Waals surface area (Å²) in [5, 5.41) is 4.61. The minimum Gasteiger partial charge on any atom is -0.292 e. The quantitative estimate of drug-likeness (QED) is 0.752. The van der Waals surface area contributed by atoms with E-state index in [1.165, 1.54) is 11.1 Å². The predicted octanol–water partition coefficient (Wildman–Crippen LogP) is 4.07. The molecule has 2 aromatic rings. The van der Waals surface area contributed by atoms with Crippen LogP contribution in [0.1, 0.15) is 41.4 Å². The number of nitrogens with zero attached hydrogens (tertiary/aromatic N) is 2. The second kappa shape index (κ2) is 6.71. The Morgan fingerprint density at radius 3 is 2.90 bits per heavy atom. The minimum atomic E-state index is 0.0578. The molecule has 0 saturated heterocycles. The van der Waals surface area contributed by atoms with Crippen LogP contribution in [0.3, 0.4) is 0 Å². The van der Waals surface area contributed by atoms with Crippen LogP contribution < -0.4 is 0 Å². The van der Waals surface area contributed by atoms with Crippen molar-refractivity contribution in [1.29, 1.82) is 0 Å². The van der Waals surface area contributed by atoms with Crippen LogP contribution in [0.25, 0.3) is 0 Å². The van der Waals surface area contributed by atoms with E-state index in [4.69, 9.17) is 11.6 Å². The van der Waals surface area contributed by atoms with Gasteiger partial charge in [-0.25, -0.2) is 0 Å². The molecule has 1 aromatic heterocycles. The number of carbonyl (C=O) groups excluding carboxylic acids is 1. The van der Waals surface area contributed by atoms with Crippen molar-refractivity contribution in [2.75, 3.05) is 0 Å². The molecule has 20 heavy (non-hydrogen) atoms. The number of hydrogen-bond acceptors (Lipinski definition) is 2. The zero-order valence-corrected chi connectivity index (χ0v) is 12.7. The Morgan fingerprint density at radius 2 is 2.20 bits per heavy atom. The van der Waals surface area contributed by atoms with Gasteiger partial charge in [0.05, 0.1) is 11.2 Å². The van der Waals surface area contributed by atoms with E-state index >= 15 is 0 Å². The highest BCUT2D eigenvalue weighted by molar-refractivity contribution is 6.33. The van der Waals surface area contributed by atoms with Crippen LogP contribution in [0.5, 0.6) is 0 Å². The van der Waals surface area contributed by atoms with Crippen LogP contribution in [-0.2, 0) is 13.0 Å². The third-order valence-electron chi connectivity index (χ3n) is 3.22. The molecular formula is C16H19ClN2O.